The molecule has 2 rings (SSSR count). The maximum atomic E-state index is 14.2. The summed E-state index contributed by atoms with van der Waals surface area (Å²) >= 11 is 0. The van der Waals surface area contributed by atoms with Crippen LogP contribution in [0, 0.1) is 5.82 Å². The van der Waals surface area contributed by atoms with Crippen LogP contribution >= 0.6 is 0 Å². The molecule has 0 spiro atoms. The molecule has 0 saturated carbocycles. The molecule has 126 valence electrons. The highest BCUT2D eigenvalue weighted by Gasteiger charge is 2.19. The topological polar surface area (TPSA) is 72.2 Å². The quantitative estimate of drug-likeness (QED) is 0.818. The van der Waals surface area contributed by atoms with Crippen LogP contribution in [0.1, 0.15) is 36.8 Å². The molecule has 1 atom stereocenters. The number of halogens is 1. The Balaban J connectivity index is 2.09. The van der Waals surface area contributed by atoms with E-state index in [0.29, 0.717) is 18.4 Å². The van der Waals surface area contributed by atoms with Crippen LogP contribution in [0.2, 0.25) is 0 Å². The number of aryl methyl sites for hydroxylation is 1. The summed E-state index contributed by atoms with van der Waals surface area (Å²) in [5.74, 6) is -1.53. The van der Waals surface area contributed by atoms with Gasteiger partial charge < -0.3 is 11.1 Å². The summed E-state index contributed by atoms with van der Waals surface area (Å²) in [7, 11) is 0. The molecule has 2 amide bonds. The Morgan fingerprint density at radius 3 is 2.46 bits per heavy atom. The van der Waals surface area contributed by atoms with Gasteiger partial charge in [0.25, 0.3) is 0 Å². The third-order valence-corrected chi connectivity index (χ3v) is 3.88. The minimum atomic E-state index is -0.520. The zero-order chi connectivity index (χ0) is 17.5. The third kappa shape index (κ3) is 4.65. The van der Waals surface area contributed by atoms with Gasteiger partial charge in [0.2, 0.25) is 11.8 Å². The summed E-state index contributed by atoms with van der Waals surface area (Å²) in [5, 5.41) is 2.65. The molecule has 0 aromatic heterocycles. The number of rotatable bonds is 7. The number of amides is 2. The van der Waals surface area contributed by atoms with Crippen LogP contribution in [0.3, 0.4) is 0 Å². The van der Waals surface area contributed by atoms with Gasteiger partial charge in [-0.2, -0.15) is 0 Å². The zero-order valence-electron chi connectivity index (χ0n) is 13.6. The summed E-state index contributed by atoms with van der Waals surface area (Å²) in [6.07, 6.45) is 1.16. The summed E-state index contributed by atoms with van der Waals surface area (Å²) in [6.45, 7) is 1.92. The molecular weight excluding hydrogens is 307 g/mol. The molecule has 24 heavy (non-hydrogen) atoms. The van der Waals surface area contributed by atoms with E-state index in [9.17, 15) is 14.0 Å². The average Bonchev–Trinajstić information content (AvgIpc) is 2.57. The van der Waals surface area contributed by atoms with Crippen molar-refractivity contribution in [1.29, 1.82) is 0 Å². The highest BCUT2D eigenvalue weighted by Crippen LogP contribution is 2.23. The van der Waals surface area contributed by atoms with Gasteiger partial charge in [0.1, 0.15) is 5.82 Å². The predicted molar refractivity (Wildman–Crippen MR) is 92.0 cm³/mol. The standard InChI is InChI=1S/C19H21FN2O2/c1-2-15(14-6-4-3-5-7-14)19(24)22-17-10-8-13(12-16(17)20)9-11-18(21)23/h3-8,10,12,15H,2,9,11H2,1H3,(H2,21,23)(H,22,24)/t15-/m0/s1. The number of carbonyl (C=O) groups is 2. The van der Waals surface area contributed by atoms with Gasteiger partial charge in [0.05, 0.1) is 11.6 Å². The van der Waals surface area contributed by atoms with Crippen LogP contribution in [-0.4, -0.2) is 11.8 Å². The van der Waals surface area contributed by atoms with E-state index in [1.54, 1.807) is 6.07 Å². The van der Waals surface area contributed by atoms with Crippen LogP contribution in [0.4, 0.5) is 10.1 Å². The summed E-state index contributed by atoms with van der Waals surface area (Å²) in [5.41, 5.74) is 6.79. The molecule has 0 fully saturated rings. The minimum Gasteiger partial charge on any atom is -0.370 e. The van der Waals surface area contributed by atoms with E-state index in [4.69, 9.17) is 5.73 Å². The fourth-order valence-corrected chi connectivity index (χ4v) is 2.56. The fraction of sp³-hybridized carbons (Fsp3) is 0.263. The van der Waals surface area contributed by atoms with Gasteiger partial charge in [-0.15, -0.1) is 0 Å². The molecule has 4 nitrogen and oxygen atoms in total. The number of benzene rings is 2. The van der Waals surface area contributed by atoms with Crippen LogP contribution in [-0.2, 0) is 16.0 Å². The molecule has 2 aromatic carbocycles. The van der Waals surface area contributed by atoms with Crippen molar-refractivity contribution in [3.63, 3.8) is 0 Å². The zero-order valence-corrected chi connectivity index (χ0v) is 13.6. The monoisotopic (exact) mass is 328 g/mol. The number of anilines is 1. The Kier molecular flexibility index (Phi) is 6.07. The predicted octanol–water partition coefficient (Wildman–Crippen LogP) is 3.38. The molecule has 2 aromatic rings. The lowest BCUT2D eigenvalue weighted by atomic mass is 9.95. The Morgan fingerprint density at radius 1 is 1.17 bits per heavy atom. The Morgan fingerprint density at radius 2 is 1.88 bits per heavy atom. The number of nitrogens with two attached hydrogens (primary N) is 1. The first-order chi connectivity index (χ1) is 11.5. The summed E-state index contributed by atoms with van der Waals surface area (Å²) in [6, 6.07) is 13.9. The van der Waals surface area contributed by atoms with E-state index in [2.05, 4.69) is 5.32 Å². The molecule has 3 N–H and O–H groups in total. The lowest BCUT2D eigenvalue weighted by Gasteiger charge is -2.16. The highest BCUT2D eigenvalue weighted by atomic mass is 19.1. The van der Waals surface area contributed by atoms with Crippen molar-refractivity contribution in [2.24, 2.45) is 5.73 Å². The van der Waals surface area contributed by atoms with Gasteiger partial charge in [0, 0.05) is 6.42 Å². The maximum Gasteiger partial charge on any atom is 0.231 e. The number of primary amides is 1. The maximum absolute atomic E-state index is 14.2. The highest BCUT2D eigenvalue weighted by molar-refractivity contribution is 5.95. The Bertz CT molecular complexity index is 717. The van der Waals surface area contributed by atoms with Crippen LogP contribution < -0.4 is 11.1 Å². The lowest BCUT2D eigenvalue weighted by molar-refractivity contribution is -0.118. The smallest absolute Gasteiger partial charge is 0.231 e. The largest absolute Gasteiger partial charge is 0.370 e. The van der Waals surface area contributed by atoms with Crippen molar-refractivity contribution in [2.75, 3.05) is 5.32 Å². The van der Waals surface area contributed by atoms with Gasteiger partial charge in [-0.05, 0) is 36.1 Å². The van der Waals surface area contributed by atoms with Crippen LogP contribution in [0.5, 0.6) is 0 Å². The molecular formula is C19H21FN2O2. The van der Waals surface area contributed by atoms with Crippen LogP contribution in [0.15, 0.2) is 48.5 Å². The van der Waals surface area contributed by atoms with E-state index >= 15 is 0 Å². The van der Waals surface area contributed by atoms with Crippen molar-refractivity contribution < 1.29 is 14.0 Å². The van der Waals surface area contributed by atoms with Crippen molar-refractivity contribution in [1.82, 2.24) is 0 Å². The molecule has 0 saturated heterocycles. The van der Waals surface area contributed by atoms with Gasteiger partial charge in [-0.1, -0.05) is 43.3 Å². The number of nitrogens with one attached hydrogen (secondary N) is 1. The Labute approximate surface area is 140 Å². The normalized spacial score (nSPS) is 11.8. The minimum absolute atomic E-state index is 0.136. The van der Waals surface area contributed by atoms with Gasteiger partial charge in [-0.25, -0.2) is 4.39 Å². The fourth-order valence-electron chi connectivity index (χ4n) is 2.56. The first-order valence-corrected chi connectivity index (χ1v) is 7.93. The first kappa shape index (κ1) is 17.7. The molecule has 0 aliphatic rings. The molecule has 0 unspecified atom stereocenters. The first-order valence-electron chi connectivity index (χ1n) is 7.93. The van der Waals surface area contributed by atoms with Crippen molar-refractivity contribution >= 4 is 17.5 Å². The molecule has 0 radical (unpaired) electrons. The summed E-state index contributed by atoms with van der Waals surface area (Å²) in [4.78, 5) is 23.2. The van der Waals surface area contributed by atoms with E-state index in [1.807, 2.05) is 37.3 Å². The van der Waals surface area contributed by atoms with Gasteiger partial charge >= 0.3 is 0 Å². The van der Waals surface area contributed by atoms with E-state index in [1.165, 1.54) is 12.1 Å². The van der Waals surface area contributed by atoms with E-state index < -0.39 is 11.7 Å². The summed E-state index contributed by atoms with van der Waals surface area (Å²) < 4.78 is 14.2. The second-order valence-corrected chi connectivity index (χ2v) is 5.64. The van der Waals surface area contributed by atoms with Crippen molar-refractivity contribution in [3.05, 3.63) is 65.5 Å². The average molecular weight is 328 g/mol. The lowest BCUT2D eigenvalue weighted by Crippen LogP contribution is -2.21. The molecule has 5 heteroatoms. The van der Waals surface area contributed by atoms with E-state index in [-0.39, 0.29) is 23.9 Å². The van der Waals surface area contributed by atoms with Crippen molar-refractivity contribution in [3.8, 4) is 0 Å². The SMILES string of the molecule is CC[C@H](C(=O)Nc1ccc(CCC(N)=O)cc1F)c1ccccc1. The molecule has 0 bridgehead atoms. The van der Waals surface area contributed by atoms with Gasteiger partial charge in [-0.3, -0.25) is 9.59 Å². The molecule has 0 aliphatic carbocycles. The third-order valence-electron chi connectivity index (χ3n) is 3.88. The van der Waals surface area contributed by atoms with E-state index in [0.717, 1.165) is 5.56 Å². The number of hydrogen-bond donors (Lipinski definition) is 2. The second-order valence-electron chi connectivity index (χ2n) is 5.64. The Hall–Kier alpha value is -2.69. The van der Waals surface area contributed by atoms with Crippen LogP contribution in [0.25, 0.3) is 0 Å². The molecule has 0 heterocycles. The van der Waals surface area contributed by atoms with Gasteiger partial charge in [0.15, 0.2) is 0 Å². The number of hydrogen-bond acceptors (Lipinski definition) is 2. The molecule has 0 aliphatic heterocycles. The number of carbonyl (C=O) groups excluding carboxylic acids is 2. The van der Waals surface area contributed by atoms with Crippen molar-refractivity contribution in [2.45, 2.75) is 32.1 Å². The second kappa shape index (κ2) is 8.24.